The smallest absolute Gasteiger partial charge is 0.303 e. The Balaban J connectivity index is 3.07. The Hall–Kier alpha value is -1.17. The molecule has 112 valence electrons. The van der Waals surface area contributed by atoms with Crippen LogP contribution in [-0.4, -0.2) is 18.2 Å². The summed E-state index contributed by atoms with van der Waals surface area (Å²) in [6, 6.07) is 2.87. The van der Waals surface area contributed by atoms with Crippen LogP contribution in [0.15, 0.2) is 16.6 Å². The van der Waals surface area contributed by atoms with E-state index < -0.39 is 24.2 Å². The molecule has 0 saturated carbocycles. The molecule has 0 aromatic heterocycles. The second kappa shape index (κ2) is 6.52. The maximum Gasteiger partial charge on any atom is 0.303 e. The van der Waals surface area contributed by atoms with Crippen LogP contribution in [0.25, 0.3) is 0 Å². The summed E-state index contributed by atoms with van der Waals surface area (Å²) in [5, 5.41) is 8.66. The van der Waals surface area contributed by atoms with Gasteiger partial charge in [-0.1, -0.05) is 22.9 Å². The average molecular weight is 351 g/mol. The number of methoxy groups -OCH3 is 1. The minimum atomic E-state index is -3.14. The van der Waals surface area contributed by atoms with Crippen molar-refractivity contribution in [1.29, 1.82) is 0 Å². The molecule has 1 rings (SSSR count). The highest BCUT2D eigenvalue weighted by atomic mass is 79.9. The van der Waals surface area contributed by atoms with Gasteiger partial charge in [-0.3, -0.25) is 4.79 Å². The number of hydrogen-bond donors (Lipinski definition) is 1. The van der Waals surface area contributed by atoms with Crippen LogP contribution in [0.3, 0.4) is 0 Å². The third-order valence-electron chi connectivity index (χ3n) is 3.00. The van der Waals surface area contributed by atoms with Gasteiger partial charge in [0.15, 0.2) is 0 Å². The summed E-state index contributed by atoms with van der Waals surface area (Å²) in [5.74, 6) is -4.74. The summed E-state index contributed by atoms with van der Waals surface area (Å²) < 4.78 is 34.2. The highest BCUT2D eigenvalue weighted by Crippen LogP contribution is 2.42. The molecule has 0 bridgehead atoms. The number of ether oxygens (including phenoxy) is 1. The van der Waals surface area contributed by atoms with Crippen molar-refractivity contribution in [2.24, 2.45) is 5.92 Å². The van der Waals surface area contributed by atoms with Gasteiger partial charge in [0.2, 0.25) is 0 Å². The average Bonchev–Trinajstić information content (AvgIpc) is 2.29. The zero-order valence-electron chi connectivity index (χ0n) is 11.5. The molecule has 0 saturated heterocycles. The van der Waals surface area contributed by atoms with Crippen LogP contribution in [0.2, 0.25) is 0 Å². The summed E-state index contributed by atoms with van der Waals surface area (Å²) in [4.78, 5) is 10.6. The van der Waals surface area contributed by atoms with E-state index >= 15 is 0 Å². The molecule has 6 heteroatoms. The Bertz CT molecular complexity index is 503. The molecule has 0 radical (unpaired) electrons. The van der Waals surface area contributed by atoms with Gasteiger partial charge >= 0.3 is 5.97 Å². The van der Waals surface area contributed by atoms with Gasteiger partial charge in [0, 0.05) is 17.3 Å². The van der Waals surface area contributed by atoms with E-state index in [2.05, 4.69) is 15.9 Å². The van der Waals surface area contributed by atoms with Crippen molar-refractivity contribution in [3.63, 3.8) is 0 Å². The second-order valence-electron chi connectivity index (χ2n) is 4.91. The number of hydrogen-bond acceptors (Lipinski definition) is 2. The third-order valence-corrected chi connectivity index (χ3v) is 3.86. The number of benzene rings is 1. The highest BCUT2D eigenvalue weighted by molar-refractivity contribution is 9.10. The Morgan fingerprint density at radius 3 is 2.60 bits per heavy atom. The van der Waals surface area contributed by atoms with Crippen LogP contribution in [-0.2, 0) is 10.7 Å². The fourth-order valence-electron chi connectivity index (χ4n) is 2.03. The summed E-state index contributed by atoms with van der Waals surface area (Å²) in [6.45, 7) is 3.28. The molecule has 0 aliphatic carbocycles. The van der Waals surface area contributed by atoms with Crippen molar-refractivity contribution < 1.29 is 23.4 Å². The lowest BCUT2D eigenvalue weighted by atomic mass is 9.94. The largest absolute Gasteiger partial charge is 0.496 e. The monoisotopic (exact) mass is 350 g/mol. The Labute approximate surface area is 125 Å². The van der Waals surface area contributed by atoms with Crippen LogP contribution in [0.5, 0.6) is 5.75 Å². The number of carbonyl (C=O) groups is 1. The second-order valence-corrected chi connectivity index (χ2v) is 5.77. The molecule has 0 heterocycles. The predicted octanol–water partition coefficient (Wildman–Crippen LogP) is 4.36. The van der Waals surface area contributed by atoms with E-state index in [0.29, 0.717) is 4.47 Å². The molecule has 20 heavy (non-hydrogen) atoms. The predicted molar refractivity (Wildman–Crippen MR) is 75.4 cm³/mol. The number of aliphatic carboxylic acids is 1. The summed E-state index contributed by atoms with van der Waals surface area (Å²) in [5.41, 5.74) is 0.565. The molecular weight excluding hydrogens is 334 g/mol. The topological polar surface area (TPSA) is 46.5 Å². The van der Waals surface area contributed by atoms with Crippen molar-refractivity contribution in [2.45, 2.75) is 32.6 Å². The van der Waals surface area contributed by atoms with Crippen molar-refractivity contribution >= 4 is 21.9 Å². The Morgan fingerprint density at radius 2 is 2.10 bits per heavy atom. The maximum atomic E-state index is 14.3. The SMILES string of the molecule is COc1cc(C)c(Br)cc1C(F)(F)CC(C)CC(=O)O. The Kier molecular flexibility index (Phi) is 5.50. The van der Waals surface area contributed by atoms with Crippen LogP contribution in [0.1, 0.15) is 30.9 Å². The molecule has 0 amide bonds. The fourth-order valence-corrected chi connectivity index (χ4v) is 2.37. The number of carboxylic acids is 1. The van der Waals surface area contributed by atoms with Crippen molar-refractivity contribution in [2.75, 3.05) is 7.11 Å². The van der Waals surface area contributed by atoms with Gasteiger partial charge in [-0.25, -0.2) is 8.78 Å². The normalized spacial score (nSPS) is 13.1. The standard InChI is InChI=1S/C14H17BrF2O3/c1-8(4-13(18)19)7-14(16,17)10-6-11(15)9(2)5-12(10)20-3/h5-6,8H,4,7H2,1-3H3,(H,18,19). The van der Waals surface area contributed by atoms with Gasteiger partial charge in [0.25, 0.3) is 5.92 Å². The van der Waals surface area contributed by atoms with Crippen LogP contribution >= 0.6 is 15.9 Å². The van der Waals surface area contributed by atoms with Gasteiger partial charge in [0.05, 0.1) is 12.7 Å². The van der Waals surface area contributed by atoms with Gasteiger partial charge in [0.1, 0.15) is 5.75 Å². The number of rotatable bonds is 6. The minimum absolute atomic E-state index is 0.109. The highest BCUT2D eigenvalue weighted by Gasteiger charge is 2.37. The van der Waals surface area contributed by atoms with E-state index in [4.69, 9.17) is 9.84 Å². The fraction of sp³-hybridized carbons (Fsp3) is 0.500. The van der Waals surface area contributed by atoms with E-state index in [9.17, 15) is 13.6 Å². The van der Waals surface area contributed by atoms with Gasteiger partial charge < -0.3 is 9.84 Å². The number of alkyl halides is 2. The molecule has 1 N–H and O–H groups in total. The van der Waals surface area contributed by atoms with E-state index in [-0.39, 0.29) is 17.7 Å². The Morgan fingerprint density at radius 1 is 1.50 bits per heavy atom. The quantitative estimate of drug-likeness (QED) is 0.828. The van der Waals surface area contributed by atoms with E-state index in [1.165, 1.54) is 26.2 Å². The molecule has 1 aromatic carbocycles. The summed E-state index contributed by atoms with van der Waals surface area (Å²) in [7, 11) is 1.34. The van der Waals surface area contributed by atoms with Gasteiger partial charge in [-0.05, 0) is 30.5 Å². The zero-order valence-corrected chi connectivity index (χ0v) is 13.1. The molecule has 1 aromatic rings. The molecule has 0 fully saturated rings. The van der Waals surface area contributed by atoms with E-state index in [0.717, 1.165) is 5.56 Å². The molecule has 1 atom stereocenters. The van der Waals surface area contributed by atoms with Crippen LogP contribution in [0, 0.1) is 12.8 Å². The van der Waals surface area contributed by atoms with Crippen LogP contribution < -0.4 is 4.74 Å². The zero-order chi connectivity index (χ0) is 15.5. The van der Waals surface area contributed by atoms with Crippen molar-refractivity contribution in [3.05, 3.63) is 27.7 Å². The first-order chi connectivity index (χ1) is 9.17. The molecule has 0 aliphatic heterocycles. The third kappa shape index (κ3) is 4.16. The summed E-state index contributed by atoms with van der Waals surface area (Å²) >= 11 is 3.23. The first-order valence-corrected chi connectivity index (χ1v) is 6.91. The van der Waals surface area contributed by atoms with Gasteiger partial charge in [-0.2, -0.15) is 0 Å². The molecule has 0 aliphatic rings. The lowest BCUT2D eigenvalue weighted by molar-refractivity contribution is -0.138. The van der Waals surface area contributed by atoms with Crippen LogP contribution in [0.4, 0.5) is 8.78 Å². The summed E-state index contributed by atoms with van der Waals surface area (Å²) in [6.07, 6.45) is -0.823. The number of aryl methyl sites for hydroxylation is 1. The van der Waals surface area contributed by atoms with Crippen molar-refractivity contribution in [3.8, 4) is 5.75 Å². The number of carboxylic acid groups (broad SMARTS) is 1. The first kappa shape index (κ1) is 16.9. The number of halogens is 3. The lowest BCUT2D eigenvalue weighted by Gasteiger charge is -2.23. The van der Waals surface area contributed by atoms with Gasteiger partial charge in [-0.15, -0.1) is 0 Å². The van der Waals surface area contributed by atoms with E-state index in [1.807, 2.05) is 0 Å². The maximum absolute atomic E-state index is 14.3. The molecule has 0 spiro atoms. The molecule has 1 unspecified atom stereocenters. The minimum Gasteiger partial charge on any atom is -0.496 e. The molecule has 3 nitrogen and oxygen atoms in total. The lowest BCUT2D eigenvalue weighted by Crippen LogP contribution is -2.20. The van der Waals surface area contributed by atoms with E-state index in [1.54, 1.807) is 6.92 Å². The first-order valence-electron chi connectivity index (χ1n) is 6.11. The molecular formula is C14H17BrF2O3. The van der Waals surface area contributed by atoms with Crippen molar-refractivity contribution in [1.82, 2.24) is 0 Å².